The van der Waals surface area contributed by atoms with Gasteiger partial charge in [-0.1, -0.05) is 0 Å². The number of nitriles is 1. The fourth-order valence-electron chi connectivity index (χ4n) is 5.56. The Kier molecular flexibility index (Phi) is 3.52. The van der Waals surface area contributed by atoms with Gasteiger partial charge in [-0.3, -0.25) is 4.79 Å². The number of nitrogens with zero attached hydrogens (tertiary/aromatic N) is 2. The van der Waals surface area contributed by atoms with Gasteiger partial charge in [0.25, 0.3) is 0 Å². The largest absolute Gasteiger partial charge is 0.327 e. The van der Waals surface area contributed by atoms with Crippen LogP contribution in [0.3, 0.4) is 0 Å². The van der Waals surface area contributed by atoms with Gasteiger partial charge in [0.1, 0.15) is 6.54 Å². The smallest absolute Gasteiger partial charge is 0.224 e. The van der Waals surface area contributed by atoms with Gasteiger partial charge in [-0.05, 0) is 75.5 Å². The molecule has 3 heteroatoms. The van der Waals surface area contributed by atoms with Crippen molar-refractivity contribution in [1.29, 1.82) is 5.26 Å². The summed E-state index contributed by atoms with van der Waals surface area (Å²) >= 11 is 0. The second-order valence-corrected chi connectivity index (χ2v) is 7.87. The monoisotopic (exact) mass is 274 g/mol. The fourth-order valence-corrected chi connectivity index (χ4v) is 5.56. The molecule has 0 unspecified atom stereocenters. The van der Waals surface area contributed by atoms with Crippen molar-refractivity contribution < 1.29 is 4.79 Å². The third kappa shape index (κ3) is 2.45. The minimum absolute atomic E-state index is 0.135. The summed E-state index contributed by atoms with van der Waals surface area (Å²) in [7, 11) is 0. The molecule has 0 atom stereocenters. The number of rotatable bonds is 4. The van der Waals surface area contributed by atoms with Crippen molar-refractivity contribution in [3.05, 3.63) is 0 Å². The van der Waals surface area contributed by atoms with Crippen molar-refractivity contribution in [3.8, 4) is 6.07 Å². The van der Waals surface area contributed by atoms with Crippen molar-refractivity contribution in [2.24, 2.45) is 23.2 Å². The molecule has 4 aliphatic carbocycles. The minimum Gasteiger partial charge on any atom is -0.327 e. The van der Waals surface area contributed by atoms with Crippen LogP contribution in [0.2, 0.25) is 0 Å². The summed E-state index contributed by atoms with van der Waals surface area (Å²) in [6, 6.07) is 2.28. The van der Waals surface area contributed by atoms with E-state index >= 15 is 0 Å². The van der Waals surface area contributed by atoms with Gasteiger partial charge in [0.05, 0.1) is 6.07 Å². The lowest BCUT2D eigenvalue weighted by Crippen LogP contribution is -2.49. The van der Waals surface area contributed by atoms with E-state index < -0.39 is 0 Å². The highest BCUT2D eigenvalue weighted by Gasteiger charge is 2.51. The quantitative estimate of drug-likeness (QED) is 0.738. The average molecular weight is 274 g/mol. The Bertz CT molecular complexity index is 399. The number of carbonyl (C=O) groups excluding carboxylic acids is 1. The Labute approximate surface area is 122 Å². The van der Waals surface area contributed by atoms with Crippen LogP contribution in [0, 0.1) is 34.5 Å². The molecule has 0 saturated heterocycles. The zero-order chi connectivity index (χ0) is 14.3. The maximum Gasteiger partial charge on any atom is 0.224 e. The van der Waals surface area contributed by atoms with E-state index in [1.165, 1.54) is 38.5 Å². The molecular formula is C17H26N2O. The SMILES string of the molecule is CC(C)N(CC#N)C(=O)CC12CC3CC(CC(C3)C1)C2. The highest BCUT2D eigenvalue weighted by atomic mass is 16.2. The summed E-state index contributed by atoms with van der Waals surface area (Å²) in [4.78, 5) is 14.4. The molecule has 0 heterocycles. The van der Waals surface area contributed by atoms with Crippen molar-refractivity contribution in [2.45, 2.75) is 64.8 Å². The number of hydrogen-bond acceptors (Lipinski definition) is 2. The summed E-state index contributed by atoms with van der Waals surface area (Å²) in [5.74, 6) is 2.87. The van der Waals surface area contributed by atoms with Crippen molar-refractivity contribution >= 4 is 5.91 Å². The Morgan fingerprint density at radius 1 is 1.20 bits per heavy atom. The van der Waals surface area contributed by atoms with Gasteiger partial charge in [-0.15, -0.1) is 0 Å². The first-order valence-electron chi connectivity index (χ1n) is 8.18. The predicted octanol–water partition coefficient (Wildman–Crippen LogP) is 3.35. The van der Waals surface area contributed by atoms with Crippen LogP contribution in [0.5, 0.6) is 0 Å². The van der Waals surface area contributed by atoms with E-state index in [-0.39, 0.29) is 23.9 Å². The van der Waals surface area contributed by atoms with Crippen LogP contribution in [-0.4, -0.2) is 23.4 Å². The summed E-state index contributed by atoms with van der Waals surface area (Å²) in [6.45, 7) is 4.26. The molecular weight excluding hydrogens is 248 g/mol. The van der Waals surface area contributed by atoms with E-state index in [4.69, 9.17) is 5.26 Å². The minimum atomic E-state index is 0.135. The Morgan fingerprint density at radius 2 is 1.70 bits per heavy atom. The van der Waals surface area contributed by atoms with Crippen LogP contribution in [0.4, 0.5) is 0 Å². The molecule has 0 aliphatic heterocycles. The lowest BCUT2D eigenvalue weighted by atomic mass is 9.49. The molecule has 1 amide bonds. The van der Waals surface area contributed by atoms with Gasteiger partial charge in [-0.25, -0.2) is 0 Å². The molecule has 0 aromatic rings. The molecule has 0 aromatic carbocycles. The molecule has 0 spiro atoms. The topological polar surface area (TPSA) is 44.1 Å². The normalized spacial score (nSPS) is 38.0. The molecule has 3 nitrogen and oxygen atoms in total. The van der Waals surface area contributed by atoms with Gasteiger partial charge < -0.3 is 4.90 Å². The van der Waals surface area contributed by atoms with Crippen molar-refractivity contribution in [1.82, 2.24) is 4.90 Å². The molecule has 4 bridgehead atoms. The van der Waals surface area contributed by atoms with E-state index in [9.17, 15) is 4.79 Å². The predicted molar refractivity (Wildman–Crippen MR) is 77.7 cm³/mol. The summed E-state index contributed by atoms with van der Waals surface area (Å²) in [5.41, 5.74) is 0.286. The van der Waals surface area contributed by atoms with Crippen LogP contribution in [0.25, 0.3) is 0 Å². The second kappa shape index (κ2) is 5.06. The lowest BCUT2D eigenvalue weighted by Gasteiger charge is -2.57. The number of carbonyl (C=O) groups is 1. The van der Waals surface area contributed by atoms with Gasteiger partial charge in [-0.2, -0.15) is 5.26 Å². The highest BCUT2D eigenvalue weighted by Crippen LogP contribution is 2.61. The third-order valence-corrected chi connectivity index (χ3v) is 5.88. The molecule has 110 valence electrons. The van der Waals surface area contributed by atoms with Gasteiger partial charge >= 0.3 is 0 Å². The van der Waals surface area contributed by atoms with E-state index in [0.29, 0.717) is 6.42 Å². The highest BCUT2D eigenvalue weighted by molar-refractivity contribution is 5.77. The van der Waals surface area contributed by atoms with Crippen LogP contribution in [-0.2, 0) is 4.79 Å². The molecule has 20 heavy (non-hydrogen) atoms. The van der Waals surface area contributed by atoms with E-state index in [1.807, 2.05) is 13.8 Å². The average Bonchev–Trinajstić information content (AvgIpc) is 2.32. The summed E-state index contributed by atoms with van der Waals surface area (Å²) in [6.07, 6.45) is 8.74. The van der Waals surface area contributed by atoms with Crippen molar-refractivity contribution in [2.75, 3.05) is 6.54 Å². The standard InChI is InChI=1S/C17H26N2O/c1-12(2)19(4-3-18)16(20)11-17-8-13-5-14(9-17)7-15(6-13)10-17/h12-15H,4-11H2,1-2H3. The van der Waals surface area contributed by atoms with Crippen LogP contribution in [0.15, 0.2) is 0 Å². The number of amides is 1. The van der Waals surface area contributed by atoms with E-state index in [2.05, 4.69) is 6.07 Å². The summed E-state index contributed by atoms with van der Waals surface area (Å²) < 4.78 is 0. The van der Waals surface area contributed by atoms with E-state index in [0.717, 1.165) is 17.8 Å². The third-order valence-electron chi connectivity index (χ3n) is 5.88. The Hall–Kier alpha value is -1.04. The maximum absolute atomic E-state index is 12.6. The van der Waals surface area contributed by atoms with Crippen molar-refractivity contribution in [3.63, 3.8) is 0 Å². The molecule has 4 rings (SSSR count). The van der Waals surface area contributed by atoms with Crippen LogP contribution >= 0.6 is 0 Å². The first-order chi connectivity index (χ1) is 9.51. The molecule has 4 saturated carbocycles. The van der Waals surface area contributed by atoms with Gasteiger partial charge in [0.15, 0.2) is 0 Å². The number of hydrogen-bond donors (Lipinski definition) is 0. The first kappa shape index (κ1) is 13.9. The molecule has 0 aromatic heterocycles. The van der Waals surface area contributed by atoms with Gasteiger partial charge in [0.2, 0.25) is 5.91 Å². The summed E-state index contributed by atoms with van der Waals surface area (Å²) in [5, 5.41) is 8.92. The second-order valence-electron chi connectivity index (χ2n) is 7.87. The zero-order valence-electron chi connectivity index (χ0n) is 12.8. The molecule has 4 fully saturated rings. The first-order valence-corrected chi connectivity index (χ1v) is 8.18. The molecule has 4 aliphatic rings. The maximum atomic E-state index is 12.6. The lowest BCUT2D eigenvalue weighted by molar-refractivity contribution is -0.140. The van der Waals surface area contributed by atoms with Crippen LogP contribution in [0.1, 0.15) is 58.8 Å². The fraction of sp³-hybridized carbons (Fsp3) is 0.882. The Balaban J connectivity index is 1.71. The Morgan fingerprint density at radius 3 is 2.10 bits per heavy atom. The van der Waals surface area contributed by atoms with E-state index in [1.54, 1.807) is 4.90 Å². The van der Waals surface area contributed by atoms with Crippen LogP contribution < -0.4 is 0 Å². The molecule has 0 radical (unpaired) electrons. The molecule has 0 N–H and O–H groups in total. The zero-order valence-corrected chi connectivity index (χ0v) is 12.8. The van der Waals surface area contributed by atoms with Gasteiger partial charge in [0, 0.05) is 12.5 Å².